The molecule has 0 atom stereocenters. The summed E-state index contributed by atoms with van der Waals surface area (Å²) in [6.07, 6.45) is 4.34. The van der Waals surface area contributed by atoms with Crippen molar-refractivity contribution in [3.05, 3.63) is 71.4 Å². The summed E-state index contributed by atoms with van der Waals surface area (Å²) in [5.74, 6) is 0.0980. The normalized spacial score (nSPS) is 17.8. The second-order valence-electron chi connectivity index (χ2n) is 9.16. The van der Waals surface area contributed by atoms with Gasteiger partial charge in [-0.2, -0.15) is 0 Å². The van der Waals surface area contributed by atoms with E-state index in [1.54, 1.807) is 0 Å². The van der Waals surface area contributed by atoms with Gasteiger partial charge in [0.15, 0.2) is 0 Å². The largest absolute Gasteiger partial charge is 0.352 e. The van der Waals surface area contributed by atoms with Crippen molar-refractivity contribution in [2.45, 2.75) is 38.8 Å². The number of unbranched alkanes of at least 4 members (excludes halogenated alkanes) is 1. The number of aromatic nitrogens is 1. The van der Waals surface area contributed by atoms with Gasteiger partial charge in [-0.1, -0.05) is 48.5 Å². The van der Waals surface area contributed by atoms with Gasteiger partial charge in [0, 0.05) is 62.4 Å². The number of nitrogens with zero attached hydrogens (tertiary/aromatic N) is 3. The van der Waals surface area contributed by atoms with Gasteiger partial charge in [-0.05, 0) is 43.9 Å². The summed E-state index contributed by atoms with van der Waals surface area (Å²) in [4.78, 5) is 17.9. The first-order valence-corrected chi connectivity index (χ1v) is 12.2. The van der Waals surface area contributed by atoms with Gasteiger partial charge >= 0.3 is 0 Å². The van der Waals surface area contributed by atoms with Gasteiger partial charge in [0.2, 0.25) is 0 Å². The average Bonchev–Trinajstić information content (AvgIpc) is 3.01. The lowest BCUT2D eigenvalue weighted by Gasteiger charge is -2.34. The fourth-order valence-corrected chi connectivity index (χ4v) is 5.29. The first kappa shape index (κ1) is 21.2. The van der Waals surface area contributed by atoms with Gasteiger partial charge in [0.05, 0.1) is 5.56 Å². The third kappa shape index (κ3) is 4.59. The van der Waals surface area contributed by atoms with E-state index < -0.39 is 0 Å². The van der Waals surface area contributed by atoms with Gasteiger partial charge in [0.1, 0.15) is 0 Å². The highest BCUT2D eigenvalue weighted by Gasteiger charge is 2.24. The number of para-hydroxylation sites is 1. The van der Waals surface area contributed by atoms with E-state index in [1.807, 2.05) is 6.07 Å². The molecule has 168 valence electrons. The minimum Gasteiger partial charge on any atom is -0.352 e. The Bertz CT molecular complexity index is 1050. The smallest absolute Gasteiger partial charge is 0.253 e. The molecule has 1 aromatic heterocycles. The molecule has 0 bridgehead atoms. The molecule has 0 unspecified atom stereocenters. The lowest BCUT2D eigenvalue weighted by Crippen LogP contribution is -2.46. The number of hydrogen-bond donors (Lipinski definition) is 1. The van der Waals surface area contributed by atoms with Crippen molar-refractivity contribution >= 4 is 16.8 Å². The number of nitrogens with one attached hydrogen (secondary N) is 1. The minimum atomic E-state index is 0.0980. The highest BCUT2D eigenvalue weighted by Crippen LogP contribution is 2.29. The monoisotopic (exact) mass is 430 g/mol. The molecule has 5 heteroatoms. The van der Waals surface area contributed by atoms with Gasteiger partial charge in [-0.25, -0.2) is 0 Å². The molecule has 2 aromatic carbocycles. The highest BCUT2D eigenvalue weighted by atomic mass is 16.1. The van der Waals surface area contributed by atoms with Crippen molar-refractivity contribution in [3.63, 3.8) is 0 Å². The molecule has 1 amide bonds. The molecule has 5 rings (SSSR count). The van der Waals surface area contributed by atoms with Crippen LogP contribution in [0.15, 0.2) is 54.6 Å². The summed E-state index contributed by atoms with van der Waals surface area (Å²) in [5, 5.41) is 4.18. The van der Waals surface area contributed by atoms with E-state index in [1.165, 1.54) is 29.7 Å². The molecular weight excluding hydrogens is 396 g/mol. The van der Waals surface area contributed by atoms with Crippen LogP contribution in [-0.2, 0) is 19.5 Å². The van der Waals surface area contributed by atoms with Crippen LogP contribution in [-0.4, -0.2) is 59.5 Å². The second kappa shape index (κ2) is 9.88. The molecule has 0 aliphatic carbocycles. The van der Waals surface area contributed by atoms with Crippen molar-refractivity contribution in [1.29, 1.82) is 0 Å². The first-order valence-electron chi connectivity index (χ1n) is 12.2. The molecule has 2 aliphatic heterocycles. The number of aryl methyl sites for hydroxylation is 1. The zero-order valence-electron chi connectivity index (χ0n) is 18.9. The molecule has 3 heterocycles. The number of hydrogen-bond acceptors (Lipinski definition) is 3. The summed E-state index contributed by atoms with van der Waals surface area (Å²) >= 11 is 0. The van der Waals surface area contributed by atoms with Crippen LogP contribution in [0.25, 0.3) is 10.9 Å². The molecular formula is C27H34N4O. The fourth-order valence-electron chi connectivity index (χ4n) is 5.29. The third-order valence-electron chi connectivity index (χ3n) is 7.00. The van der Waals surface area contributed by atoms with E-state index in [0.717, 1.165) is 76.0 Å². The molecule has 1 fully saturated rings. The molecule has 0 spiro atoms. The van der Waals surface area contributed by atoms with Crippen molar-refractivity contribution in [3.8, 4) is 0 Å². The number of fused-ring (bicyclic) bond motifs is 3. The van der Waals surface area contributed by atoms with Gasteiger partial charge in [-0.3, -0.25) is 9.69 Å². The minimum absolute atomic E-state index is 0.0980. The first-order chi connectivity index (χ1) is 15.8. The zero-order valence-corrected chi connectivity index (χ0v) is 18.9. The van der Waals surface area contributed by atoms with Crippen LogP contribution >= 0.6 is 0 Å². The van der Waals surface area contributed by atoms with Crippen LogP contribution in [0, 0.1) is 0 Å². The molecule has 0 saturated carbocycles. The number of piperazine rings is 1. The van der Waals surface area contributed by atoms with E-state index >= 15 is 0 Å². The second-order valence-corrected chi connectivity index (χ2v) is 9.16. The number of rotatable bonds is 7. The molecule has 0 radical (unpaired) electrons. The predicted molar refractivity (Wildman–Crippen MR) is 130 cm³/mol. The lowest BCUT2D eigenvalue weighted by atomic mass is 10.1. The topological polar surface area (TPSA) is 40.5 Å². The van der Waals surface area contributed by atoms with Gasteiger partial charge < -0.3 is 14.8 Å². The Morgan fingerprint density at radius 2 is 1.53 bits per heavy atom. The Kier molecular flexibility index (Phi) is 6.56. The van der Waals surface area contributed by atoms with Crippen LogP contribution < -0.4 is 5.32 Å². The van der Waals surface area contributed by atoms with Crippen LogP contribution in [0.4, 0.5) is 0 Å². The van der Waals surface area contributed by atoms with Crippen LogP contribution in [0.5, 0.6) is 0 Å². The average molecular weight is 431 g/mol. The van der Waals surface area contributed by atoms with Gasteiger partial charge in [0.25, 0.3) is 5.91 Å². The van der Waals surface area contributed by atoms with E-state index in [4.69, 9.17) is 0 Å². The number of carbonyl (C=O) groups excluding carboxylic acids is 1. The summed E-state index contributed by atoms with van der Waals surface area (Å²) in [6, 6.07) is 19.2. The molecule has 1 N–H and O–H groups in total. The maximum absolute atomic E-state index is 12.7. The summed E-state index contributed by atoms with van der Waals surface area (Å²) in [7, 11) is 0. The number of carbonyl (C=O) groups is 1. The predicted octanol–water partition coefficient (Wildman–Crippen LogP) is 3.92. The van der Waals surface area contributed by atoms with E-state index in [0.29, 0.717) is 0 Å². The molecule has 5 nitrogen and oxygen atoms in total. The van der Waals surface area contributed by atoms with Crippen molar-refractivity contribution in [2.24, 2.45) is 0 Å². The Morgan fingerprint density at radius 1 is 0.812 bits per heavy atom. The summed E-state index contributed by atoms with van der Waals surface area (Å²) in [5.41, 5.74) is 4.76. The number of amides is 1. The van der Waals surface area contributed by atoms with E-state index in [-0.39, 0.29) is 5.91 Å². The summed E-state index contributed by atoms with van der Waals surface area (Å²) < 4.78 is 2.42. The molecule has 1 saturated heterocycles. The fraction of sp³-hybridized carbons (Fsp3) is 0.444. The van der Waals surface area contributed by atoms with Gasteiger partial charge in [-0.15, -0.1) is 0 Å². The van der Waals surface area contributed by atoms with Crippen LogP contribution in [0.1, 0.15) is 40.9 Å². The Morgan fingerprint density at radius 3 is 2.38 bits per heavy atom. The highest BCUT2D eigenvalue weighted by molar-refractivity contribution is 6.08. The zero-order chi connectivity index (χ0) is 21.8. The Balaban J connectivity index is 1.14. The Hall–Kier alpha value is -2.63. The molecule has 32 heavy (non-hydrogen) atoms. The van der Waals surface area contributed by atoms with E-state index in [9.17, 15) is 4.79 Å². The van der Waals surface area contributed by atoms with Crippen molar-refractivity contribution < 1.29 is 4.79 Å². The van der Waals surface area contributed by atoms with Crippen molar-refractivity contribution in [1.82, 2.24) is 19.7 Å². The maximum atomic E-state index is 12.7. The quantitative estimate of drug-likeness (QED) is 0.578. The molecule has 2 aliphatic rings. The van der Waals surface area contributed by atoms with E-state index in [2.05, 4.69) is 68.2 Å². The van der Waals surface area contributed by atoms with Crippen LogP contribution in [0.3, 0.4) is 0 Å². The summed E-state index contributed by atoms with van der Waals surface area (Å²) in [6.45, 7) is 8.63. The molecule has 3 aromatic rings. The SMILES string of the molecule is O=C1NCCCc2c1c1ccccc1n2CCCCN1CCN(Cc2ccccc2)CC1. The Labute approximate surface area is 191 Å². The van der Waals surface area contributed by atoms with Crippen molar-refractivity contribution in [2.75, 3.05) is 39.3 Å². The number of benzene rings is 2. The lowest BCUT2D eigenvalue weighted by molar-refractivity contribution is 0.0957. The third-order valence-corrected chi connectivity index (χ3v) is 7.00. The standard InChI is InChI=1S/C27H34N4O/c32-27-26-23-11-4-5-12-24(23)31(25(26)13-8-14-28-27)16-7-6-15-29-17-19-30(20-18-29)21-22-9-2-1-3-10-22/h1-5,9-12H,6-8,13-21H2,(H,28,32). The van der Waals surface area contributed by atoms with Crippen LogP contribution in [0.2, 0.25) is 0 Å². The maximum Gasteiger partial charge on any atom is 0.253 e.